The second kappa shape index (κ2) is 8.93. The van der Waals surface area contributed by atoms with E-state index in [4.69, 9.17) is 5.73 Å². The molecule has 0 fully saturated rings. The second-order valence-corrected chi connectivity index (χ2v) is 7.87. The van der Waals surface area contributed by atoms with E-state index in [2.05, 4.69) is 15.5 Å². The highest BCUT2D eigenvalue weighted by Crippen LogP contribution is 2.29. The maximum Gasteiger partial charge on any atom is 0.234 e. The number of phenols is 1. The van der Waals surface area contributed by atoms with E-state index in [1.165, 1.54) is 11.8 Å². The Morgan fingerprint density at radius 2 is 1.81 bits per heavy atom. The fourth-order valence-electron chi connectivity index (χ4n) is 3.02. The van der Waals surface area contributed by atoms with Gasteiger partial charge in [0.25, 0.3) is 0 Å². The highest BCUT2D eigenvalue weighted by atomic mass is 32.2. The van der Waals surface area contributed by atoms with E-state index in [1.807, 2.05) is 54.0 Å². The summed E-state index contributed by atoms with van der Waals surface area (Å²) in [6, 6.07) is 21.9. The van der Waals surface area contributed by atoms with E-state index < -0.39 is 0 Å². The first-order chi connectivity index (χ1) is 15.0. The van der Waals surface area contributed by atoms with Crippen molar-refractivity contribution in [3.63, 3.8) is 0 Å². The van der Waals surface area contributed by atoms with Crippen molar-refractivity contribution in [3.8, 4) is 22.8 Å². The molecule has 7 nitrogen and oxygen atoms in total. The van der Waals surface area contributed by atoms with Crippen molar-refractivity contribution in [1.82, 2.24) is 14.8 Å². The summed E-state index contributed by atoms with van der Waals surface area (Å²) in [5.74, 6) is 0.800. The lowest BCUT2D eigenvalue weighted by Gasteiger charge is -2.11. The van der Waals surface area contributed by atoms with Crippen LogP contribution in [0.15, 0.2) is 78.0 Å². The van der Waals surface area contributed by atoms with Crippen LogP contribution < -0.4 is 11.1 Å². The number of carbonyl (C=O) groups excluding carboxylic acids is 1. The number of nitrogens with zero attached hydrogens (tertiary/aromatic N) is 3. The molecule has 0 aliphatic rings. The van der Waals surface area contributed by atoms with E-state index in [-0.39, 0.29) is 17.4 Å². The van der Waals surface area contributed by atoms with Crippen molar-refractivity contribution < 1.29 is 9.90 Å². The molecular formula is C23H21N5O2S. The lowest BCUT2D eigenvalue weighted by molar-refractivity contribution is -0.113. The second-order valence-electron chi connectivity index (χ2n) is 6.93. The molecule has 4 rings (SSSR count). The molecule has 0 saturated heterocycles. The summed E-state index contributed by atoms with van der Waals surface area (Å²) in [6.07, 6.45) is 0. The summed E-state index contributed by atoms with van der Waals surface area (Å²) < 4.78 is 1.90. The smallest absolute Gasteiger partial charge is 0.234 e. The molecule has 0 bridgehead atoms. The summed E-state index contributed by atoms with van der Waals surface area (Å²) in [6.45, 7) is 1.92. The van der Waals surface area contributed by atoms with E-state index in [0.717, 1.165) is 16.8 Å². The average molecular weight is 432 g/mol. The number of hydrogen-bond donors (Lipinski definition) is 3. The number of thioether (sulfide) groups is 1. The van der Waals surface area contributed by atoms with Crippen LogP contribution in [0.1, 0.15) is 5.56 Å². The van der Waals surface area contributed by atoms with Crippen LogP contribution in [0.4, 0.5) is 11.4 Å². The van der Waals surface area contributed by atoms with Gasteiger partial charge in [0.05, 0.1) is 5.75 Å². The number of aromatic nitrogens is 3. The van der Waals surface area contributed by atoms with Crippen LogP contribution in [0.3, 0.4) is 0 Å². The lowest BCUT2D eigenvalue weighted by Crippen LogP contribution is -2.14. The van der Waals surface area contributed by atoms with Crippen LogP contribution in [0.25, 0.3) is 17.1 Å². The molecule has 4 aromatic rings. The van der Waals surface area contributed by atoms with Crippen molar-refractivity contribution in [3.05, 3.63) is 78.4 Å². The number of para-hydroxylation sites is 1. The van der Waals surface area contributed by atoms with Crippen molar-refractivity contribution in [2.75, 3.05) is 16.8 Å². The quantitative estimate of drug-likeness (QED) is 0.311. The third-order valence-electron chi connectivity index (χ3n) is 4.67. The topological polar surface area (TPSA) is 106 Å². The standard InChI is InChI=1S/C23H21N5O2S/c1-15-7-10-17(13-20(15)24)25-21(30)14-31-23-27-26-22(16-8-11-19(29)12-9-16)28(23)18-5-3-2-4-6-18/h2-13,29H,14,24H2,1H3,(H,25,30). The zero-order chi connectivity index (χ0) is 21.8. The van der Waals surface area contributed by atoms with Gasteiger partial charge in [0.15, 0.2) is 11.0 Å². The first-order valence-electron chi connectivity index (χ1n) is 9.60. The number of rotatable bonds is 6. The van der Waals surface area contributed by atoms with Crippen LogP contribution in [0, 0.1) is 6.92 Å². The summed E-state index contributed by atoms with van der Waals surface area (Å²) in [5.41, 5.74) is 9.86. The van der Waals surface area contributed by atoms with Crippen molar-refractivity contribution in [2.24, 2.45) is 0 Å². The first-order valence-corrected chi connectivity index (χ1v) is 10.6. The molecule has 1 amide bonds. The maximum absolute atomic E-state index is 12.5. The molecule has 0 atom stereocenters. The monoisotopic (exact) mass is 431 g/mol. The summed E-state index contributed by atoms with van der Waals surface area (Å²) in [4.78, 5) is 12.5. The van der Waals surface area contributed by atoms with E-state index in [0.29, 0.717) is 22.4 Å². The molecule has 4 N–H and O–H groups in total. The number of aromatic hydroxyl groups is 1. The largest absolute Gasteiger partial charge is 0.508 e. The number of hydrogen-bond acceptors (Lipinski definition) is 6. The molecule has 8 heteroatoms. The van der Waals surface area contributed by atoms with E-state index in [9.17, 15) is 9.90 Å². The van der Waals surface area contributed by atoms with Gasteiger partial charge in [0, 0.05) is 22.6 Å². The molecule has 156 valence electrons. The number of phenolic OH excluding ortho intramolecular Hbond substituents is 1. The Balaban J connectivity index is 1.57. The van der Waals surface area contributed by atoms with E-state index in [1.54, 1.807) is 30.3 Å². The van der Waals surface area contributed by atoms with Gasteiger partial charge in [-0.2, -0.15) is 0 Å². The van der Waals surface area contributed by atoms with Gasteiger partial charge in [-0.3, -0.25) is 9.36 Å². The van der Waals surface area contributed by atoms with Gasteiger partial charge >= 0.3 is 0 Å². The Labute approximate surface area is 183 Å². The van der Waals surface area contributed by atoms with Gasteiger partial charge in [0.2, 0.25) is 5.91 Å². The summed E-state index contributed by atoms with van der Waals surface area (Å²) in [5, 5.41) is 21.7. The number of anilines is 2. The molecule has 1 heterocycles. The number of amides is 1. The fourth-order valence-corrected chi connectivity index (χ4v) is 3.77. The number of nitrogens with one attached hydrogen (secondary N) is 1. The Kier molecular flexibility index (Phi) is 5.90. The predicted octanol–water partition coefficient (Wildman–Crippen LogP) is 4.26. The van der Waals surface area contributed by atoms with Crippen LogP contribution in [-0.2, 0) is 4.79 Å². The molecule has 31 heavy (non-hydrogen) atoms. The molecule has 0 spiro atoms. The number of nitrogens with two attached hydrogens (primary N) is 1. The molecule has 0 aliphatic heterocycles. The highest BCUT2D eigenvalue weighted by molar-refractivity contribution is 7.99. The predicted molar refractivity (Wildman–Crippen MR) is 123 cm³/mol. The van der Waals surface area contributed by atoms with Crippen LogP contribution in [0.5, 0.6) is 5.75 Å². The lowest BCUT2D eigenvalue weighted by atomic mass is 10.2. The fraction of sp³-hybridized carbons (Fsp3) is 0.0870. The Hall–Kier alpha value is -3.78. The summed E-state index contributed by atoms with van der Waals surface area (Å²) in [7, 11) is 0. The molecule has 0 aliphatic carbocycles. The molecule has 3 aromatic carbocycles. The normalized spacial score (nSPS) is 10.7. The third-order valence-corrected chi connectivity index (χ3v) is 5.60. The SMILES string of the molecule is Cc1ccc(NC(=O)CSc2nnc(-c3ccc(O)cc3)n2-c2ccccc2)cc1N. The van der Waals surface area contributed by atoms with Gasteiger partial charge in [-0.1, -0.05) is 36.0 Å². The minimum Gasteiger partial charge on any atom is -0.508 e. The average Bonchev–Trinajstić information content (AvgIpc) is 3.20. The maximum atomic E-state index is 12.5. The van der Waals surface area contributed by atoms with E-state index >= 15 is 0 Å². The number of aryl methyl sites for hydroxylation is 1. The van der Waals surface area contributed by atoms with Gasteiger partial charge in [-0.25, -0.2) is 0 Å². The zero-order valence-electron chi connectivity index (χ0n) is 16.8. The van der Waals surface area contributed by atoms with Crippen LogP contribution >= 0.6 is 11.8 Å². The van der Waals surface area contributed by atoms with Gasteiger partial charge in [-0.15, -0.1) is 10.2 Å². The van der Waals surface area contributed by atoms with Crippen molar-refractivity contribution in [2.45, 2.75) is 12.1 Å². The Morgan fingerprint density at radius 3 is 2.52 bits per heavy atom. The molecule has 0 unspecified atom stereocenters. The van der Waals surface area contributed by atoms with Crippen LogP contribution in [0.2, 0.25) is 0 Å². The summed E-state index contributed by atoms with van der Waals surface area (Å²) >= 11 is 1.29. The molecule has 1 aromatic heterocycles. The Morgan fingerprint density at radius 1 is 1.06 bits per heavy atom. The first kappa shape index (κ1) is 20.5. The number of carbonyl (C=O) groups is 1. The van der Waals surface area contributed by atoms with Gasteiger partial charge < -0.3 is 16.2 Å². The molecular weight excluding hydrogens is 410 g/mol. The van der Waals surface area contributed by atoms with Crippen LogP contribution in [-0.4, -0.2) is 31.5 Å². The minimum absolute atomic E-state index is 0.161. The Bertz CT molecular complexity index is 1210. The highest BCUT2D eigenvalue weighted by Gasteiger charge is 2.17. The molecule has 0 radical (unpaired) electrons. The minimum atomic E-state index is -0.165. The molecule has 0 saturated carbocycles. The van der Waals surface area contributed by atoms with Gasteiger partial charge in [0.1, 0.15) is 5.75 Å². The zero-order valence-corrected chi connectivity index (χ0v) is 17.6. The van der Waals surface area contributed by atoms with Crippen molar-refractivity contribution in [1.29, 1.82) is 0 Å². The number of benzene rings is 3. The number of nitrogen functional groups attached to an aromatic ring is 1. The van der Waals surface area contributed by atoms with Gasteiger partial charge in [-0.05, 0) is 61.0 Å². The third kappa shape index (κ3) is 4.70. The van der Waals surface area contributed by atoms with Crippen molar-refractivity contribution >= 4 is 29.0 Å².